The molecule has 0 spiro atoms. The van der Waals surface area contributed by atoms with Crippen molar-refractivity contribution in [3.05, 3.63) is 46.8 Å². The van der Waals surface area contributed by atoms with Crippen LogP contribution in [0.15, 0.2) is 24.4 Å². The highest BCUT2D eigenvalue weighted by atomic mass is 16.2. The Morgan fingerprint density at radius 3 is 2.73 bits per heavy atom. The lowest BCUT2D eigenvalue weighted by Crippen LogP contribution is -2.31. The molecule has 1 atom stereocenters. The van der Waals surface area contributed by atoms with Crippen LogP contribution in [-0.4, -0.2) is 45.4 Å². The van der Waals surface area contributed by atoms with Gasteiger partial charge in [0.1, 0.15) is 0 Å². The highest BCUT2D eigenvalue weighted by Gasteiger charge is 2.32. The zero-order chi connectivity index (χ0) is 18.1. The summed E-state index contributed by atoms with van der Waals surface area (Å²) in [6, 6.07) is 7.02. The molecule has 2 fully saturated rings. The minimum Gasteiger partial charge on any atom is -0.330 e. The monoisotopic (exact) mass is 353 g/mol. The molecule has 1 aromatic heterocycles. The highest BCUT2D eigenvalue weighted by molar-refractivity contribution is 5.92. The van der Waals surface area contributed by atoms with Gasteiger partial charge in [0.15, 0.2) is 5.69 Å². The summed E-state index contributed by atoms with van der Waals surface area (Å²) in [5.41, 5.74) is 4.26. The Kier molecular flexibility index (Phi) is 4.76. The number of piperidine rings is 1. The fourth-order valence-corrected chi connectivity index (χ4v) is 4.10. The topological polar surface area (TPSA) is 63.1 Å². The summed E-state index contributed by atoms with van der Waals surface area (Å²) in [6.07, 6.45) is 5.95. The van der Waals surface area contributed by atoms with Crippen molar-refractivity contribution in [3.63, 3.8) is 0 Å². The van der Waals surface area contributed by atoms with Crippen LogP contribution in [-0.2, 0) is 0 Å². The van der Waals surface area contributed by atoms with Gasteiger partial charge in [0.25, 0.3) is 5.91 Å². The van der Waals surface area contributed by atoms with E-state index < -0.39 is 0 Å². The second-order valence-electron chi connectivity index (χ2n) is 7.57. The predicted molar refractivity (Wildman–Crippen MR) is 100 cm³/mol. The molecule has 4 rings (SSSR count). The molecular formula is C20H27N5O. The molecule has 1 aromatic carbocycles. The molecule has 1 N–H and O–H groups in total. The first kappa shape index (κ1) is 17.2. The van der Waals surface area contributed by atoms with Gasteiger partial charge in [-0.1, -0.05) is 23.4 Å². The zero-order valence-corrected chi connectivity index (χ0v) is 15.6. The third kappa shape index (κ3) is 3.26. The van der Waals surface area contributed by atoms with Gasteiger partial charge in [0.05, 0.1) is 18.3 Å². The summed E-state index contributed by atoms with van der Waals surface area (Å²) in [6.45, 7) is 7.03. The van der Waals surface area contributed by atoms with Gasteiger partial charge in [-0.2, -0.15) is 0 Å². The second-order valence-corrected chi connectivity index (χ2v) is 7.57. The van der Waals surface area contributed by atoms with E-state index in [4.69, 9.17) is 0 Å². The fourth-order valence-electron chi connectivity index (χ4n) is 4.10. The maximum absolute atomic E-state index is 13.1. The van der Waals surface area contributed by atoms with Gasteiger partial charge in [-0.15, -0.1) is 5.10 Å². The van der Waals surface area contributed by atoms with E-state index >= 15 is 0 Å². The van der Waals surface area contributed by atoms with E-state index in [1.54, 1.807) is 0 Å². The lowest BCUT2D eigenvalue weighted by atomic mass is 9.99. The quantitative estimate of drug-likeness (QED) is 0.922. The molecule has 0 saturated carbocycles. The molecule has 3 heterocycles. The number of nitrogens with one attached hydrogen (secondary N) is 1. The number of likely N-dealkylation sites (tertiary alicyclic amines) is 1. The first-order chi connectivity index (χ1) is 12.6. The first-order valence-corrected chi connectivity index (χ1v) is 9.64. The van der Waals surface area contributed by atoms with E-state index in [1.165, 1.54) is 16.7 Å². The maximum Gasteiger partial charge on any atom is 0.276 e. The van der Waals surface area contributed by atoms with Crippen molar-refractivity contribution in [1.29, 1.82) is 0 Å². The average Bonchev–Trinajstić information content (AvgIpc) is 3.34. The molecule has 0 aliphatic carbocycles. The zero-order valence-electron chi connectivity index (χ0n) is 15.6. The van der Waals surface area contributed by atoms with Gasteiger partial charge < -0.3 is 10.2 Å². The van der Waals surface area contributed by atoms with Crippen LogP contribution >= 0.6 is 0 Å². The normalized spacial score (nSPS) is 21.3. The molecule has 0 radical (unpaired) electrons. The van der Waals surface area contributed by atoms with Gasteiger partial charge in [0, 0.05) is 6.54 Å². The van der Waals surface area contributed by atoms with E-state index in [0.29, 0.717) is 11.7 Å². The molecule has 1 amide bonds. The van der Waals surface area contributed by atoms with Gasteiger partial charge in [-0.25, -0.2) is 4.68 Å². The van der Waals surface area contributed by atoms with Crippen LogP contribution in [0, 0.1) is 13.8 Å². The molecule has 2 aliphatic rings. The molecule has 2 aromatic rings. The summed E-state index contributed by atoms with van der Waals surface area (Å²) in [5, 5.41) is 11.8. The van der Waals surface area contributed by atoms with Crippen LogP contribution in [0.3, 0.4) is 0 Å². The maximum atomic E-state index is 13.1. The third-order valence-corrected chi connectivity index (χ3v) is 5.84. The molecule has 26 heavy (non-hydrogen) atoms. The van der Waals surface area contributed by atoms with E-state index in [9.17, 15) is 4.79 Å². The summed E-state index contributed by atoms with van der Waals surface area (Å²) >= 11 is 0. The predicted octanol–water partition coefficient (Wildman–Crippen LogP) is 2.80. The minimum atomic E-state index is 0.00547. The summed E-state index contributed by atoms with van der Waals surface area (Å²) in [4.78, 5) is 15.0. The van der Waals surface area contributed by atoms with Crippen molar-refractivity contribution in [3.8, 4) is 0 Å². The van der Waals surface area contributed by atoms with E-state index in [2.05, 4.69) is 47.7 Å². The SMILES string of the molecule is Cc1ccc(C2CCCN2C(=O)c2cn(C3CCNCC3)nn2)cc1C. The summed E-state index contributed by atoms with van der Waals surface area (Å²) in [5.74, 6) is 0.00547. The number of amides is 1. The van der Waals surface area contributed by atoms with Crippen LogP contribution in [0.1, 0.15) is 64.9 Å². The molecule has 1 unspecified atom stereocenters. The second kappa shape index (κ2) is 7.19. The summed E-state index contributed by atoms with van der Waals surface area (Å²) < 4.78 is 1.88. The molecule has 138 valence electrons. The lowest BCUT2D eigenvalue weighted by Gasteiger charge is -2.25. The Labute approximate surface area is 154 Å². The van der Waals surface area contributed by atoms with Gasteiger partial charge in [-0.3, -0.25) is 4.79 Å². The number of benzene rings is 1. The molecule has 6 nitrogen and oxygen atoms in total. The van der Waals surface area contributed by atoms with Crippen molar-refractivity contribution in [2.75, 3.05) is 19.6 Å². The van der Waals surface area contributed by atoms with Crippen molar-refractivity contribution in [1.82, 2.24) is 25.2 Å². The number of rotatable bonds is 3. The Morgan fingerprint density at radius 1 is 1.15 bits per heavy atom. The standard InChI is InChI=1S/C20H27N5O/c1-14-5-6-16(12-15(14)2)19-4-3-11-24(19)20(26)18-13-25(23-22-18)17-7-9-21-10-8-17/h5-6,12-13,17,19,21H,3-4,7-11H2,1-2H3. The highest BCUT2D eigenvalue weighted by Crippen LogP contribution is 2.33. The average molecular weight is 353 g/mol. The van der Waals surface area contributed by atoms with E-state index in [1.807, 2.05) is 15.8 Å². The Bertz CT molecular complexity index is 793. The number of carbonyl (C=O) groups is 1. The lowest BCUT2D eigenvalue weighted by molar-refractivity contribution is 0.0729. The Morgan fingerprint density at radius 2 is 1.96 bits per heavy atom. The number of aryl methyl sites for hydroxylation is 2. The number of hydrogen-bond donors (Lipinski definition) is 1. The van der Waals surface area contributed by atoms with Crippen LogP contribution in [0.2, 0.25) is 0 Å². The van der Waals surface area contributed by atoms with Crippen molar-refractivity contribution >= 4 is 5.91 Å². The number of carbonyl (C=O) groups excluding carboxylic acids is 1. The van der Waals surface area contributed by atoms with E-state index in [-0.39, 0.29) is 11.9 Å². The minimum absolute atomic E-state index is 0.00547. The molecule has 0 bridgehead atoms. The van der Waals surface area contributed by atoms with Crippen LogP contribution in [0.4, 0.5) is 0 Å². The van der Waals surface area contributed by atoms with Crippen molar-refractivity contribution in [2.45, 2.75) is 51.6 Å². The van der Waals surface area contributed by atoms with Gasteiger partial charge >= 0.3 is 0 Å². The number of aromatic nitrogens is 3. The first-order valence-electron chi connectivity index (χ1n) is 9.64. The van der Waals surface area contributed by atoms with Gasteiger partial charge in [0.2, 0.25) is 0 Å². The molecule has 2 aliphatic heterocycles. The number of hydrogen-bond acceptors (Lipinski definition) is 4. The van der Waals surface area contributed by atoms with Crippen LogP contribution in [0.25, 0.3) is 0 Å². The molecular weight excluding hydrogens is 326 g/mol. The van der Waals surface area contributed by atoms with Crippen molar-refractivity contribution in [2.24, 2.45) is 0 Å². The fraction of sp³-hybridized carbons (Fsp3) is 0.550. The summed E-state index contributed by atoms with van der Waals surface area (Å²) in [7, 11) is 0. The molecule has 6 heteroatoms. The smallest absolute Gasteiger partial charge is 0.276 e. The molecule has 2 saturated heterocycles. The third-order valence-electron chi connectivity index (χ3n) is 5.84. The Balaban J connectivity index is 1.53. The Hall–Kier alpha value is -2.21. The van der Waals surface area contributed by atoms with Crippen LogP contribution < -0.4 is 5.32 Å². The largest absolute Gasteiger partial charge is 0.330 e. The van der Waals surface area contributed by atoms with Crippen molar-refractivity contribution < 1.29 is 4.79 Å². The number of nitrogens with zero attached hydrogens (tertiary/aromatic N) is 4. The van der Waals surface area contributed by atoms with Crippen LogP contribution in [0.5, 0.6) is 0 Å². The van der Waals surface area contributed by atoms with Gasteiger partial charge in [-0.05, 0) is 69.3 Å². The van der Waals surface area contributed by atoms with E-state index in [0.717, 1.165) is 45.3 Å².